The van der Waals surface area contributed by atoms with Gasteiger partial charge in [-0.15, -0.1) is 0 Å². The van der Waals surface area contributed by atoms with E-state index in [1.54, 1.807) is 11.1 Å². The maximum absolute atomic E-state index is 12.2. The van der Waals surface area contributed by atoms with Gasteiger partial charge in [0.1, 0.15) is 11.3 Å². The smallest absolute Gasteiger partial charge is 0.317 e. The van der Waals surface area contributed by atoms with E-state index in [4.69, 9.17) is 27.9 Å². The fraction of sp³-hybridized carbons (Fsp3) is 0.400. The molecule has 1 aromatic carbocycles. The fourth-order valence-corrected chi connectivity index (χ4v) is 3.19. The average molecular weight is 408 g/mol. The largest absolute Gasteiger partial charge is 0.362 e. The second kappa shape index (κ2) is 8.05. The highest BCUT2D eigenvalue weighted by atomic mass is 35.5. The molecule has 27 heavy (non-hydrogen) atoms. The van der Waals surface area contributed by atoms with Crippen molar-refractivity contribution in [2.45, 2.75) is 38.5 Å². The van der Waals surface area contributed by atoms with Crippen molar-refractivity contribution in [3.63, 3.8) is 0 Å². The van der Waals surface area contributed by atoms with Crippen molar-refractivity contribution < 1.29 is 9.53 Å². The first-order valence-corrected chi connectivity index (χ1v) is 9.57. The van der Waals surface area contributed by atoms with Crippen LogP contribution in [-0.4, -0.2) is 40.6 Å². The number of urea groups is 1. The van der Waals surface area contributed by atoms with Crippen LogP contribution < -0.4 is 5.32 Å². The molecule has 0 bridgehead atoms. The normalized spacial score (nSPS) is 16.0. The zero-order chi connectivity index (χ0) is 19.6. The lowest BCUT2D eigenvalue weighted by Gasteiger charge is -2.41. The van der Waals surface area contributed by atoms with E-state index in [0.717, 1.165) is 11.1 Å². The summed E-state index contributed by atoms with van der Waals surface area (Å²) in [5.74, 6) is 0. The van der Waals surface area contributed by atoms with E-state index in [0.29, 0.717) is 23.3 Å². The SMILES string of the molecule is CC(C)(C)NC(=O)N1CC(O[C@@H](c2ccc(Cl)cc2)c2cccnc2Cl)C1. The number of amides is 2. The molecule has 2 heterocycles. The minimum atomic E-state index is -0.374. The van der Waals surface area contributed by atoms with Gasteiger partial charge >= 0.3 is 6.03 Å². The number of likely N-dealkylation sites (tertiary alicyclic amines) is 1. The maximum atomic E-state index is 12.2. The Bertz CT molecular complexity index is 800. The first kappa shape index (κ1) is 19.9. The summed E-state index contributed by atoms with van der Waals surface area (Å²) in [5, 5.41) is 4.02. The third-order valence-electron chi connectivity index (χ3n) is 4.19. The predicted octanol–water partition coefficient (Wildman–Crippen LogP) is 4.69. The van der Waals surface area contributed by atoms with Crippen LogP contribution in [0.2, 0.25) is 10.2 Å². The molecule has 0 aliphatic carbocycles. The lowest BCUT2D eigenvalue weighted by molar-refractivity contribution is -0.0652. The Morgan fingerprint density at radius 1 is 1.22 bits per heavy atom. The van der Waals surface area contributed by atoms with Gasteiger partial charge < -0.3 is 15.0 Å². The van der Waals surface area contributed by atoms with E-state index >= 15 is 0 Å². The van der Waals surface area contributed by atoms with Gasteiger partial charge in [-0.2, -0.15) is 0 Å². The molecule has 2 amide bonds. The van der Waals surface area contributed by atoms with Crippen LogP contribution in [0.25, 0.3) is 0 Å². The van der Waals surface area contributed by atoms with Crippen molar-refractivity contribution >= 4 is 29.2 Å². The van der Waals surface area contributed by atoms with Gasteiger partial charge in [-0.25, -0.2) is 9.78 Å². The Morgan fingerprint density at radius 3 is 2.48 bits per heavy atom. The summed E-state index contributed by atoms with van der Waals surface area (Å²) in [6, 6.07) is 11.1. The average Bonchev–Trinajstić information content (AvgIpc) is 2.54. The number of ether oxygens (including phenoxy) is 1. The lowest BCUT2D eigenvalue weighted by atomic mass is 10.0. The number of benzene rings is 1. The summed E-state index contributed by atoms with van der Waals surface area (Å²) in [6.45, 7) is 6.94. The molecule has 2 aromatic rings. The molecule has 1 saturated heterocycles. The second-order valence-electron chi connectivity index (χ2n) is 7.66. The lowest BCUT2D eigenvalue weighted by Crippen LogP contribution is -2.60. The van der Waals surface area contributed by atoms with Gasteiger partial charge in [0.2, 0.25) is 0 Å². The van der Waals surface area contributed by atoms with Gasteiger partial charge in [0.25, 0.3) is 0 Å². The van der Waals surface area contributed by atoms with Gasteiger partial charge in [0.15, 0.2) is 0 Å². The number of pyridine rings is 1. The third kappa shape index (κ3) is 5.12. The van der Waals surface area contributed by atoms with Crippen LogP contribution in [0.5, 0.6) is 0 Å². The highest BCUT2D eigenvalue weighted by Crippen LogP contribution is 2.33. The molecular formula is C20H23Cl2N3O2. The Morgan fingerprint density at radius 2 is 1.89 bits per heavy atom. The van der Waals surface area contributed by atoms with E-state index < -0.39 is 0 Å². The molecule has 7 heteroatoms. The molecule has 1 aliphatic rings. The van der Waals surface area contributed by atoms with Crippen LogP contribution in [0.15, 0.2) is 42.6 Å². The number of aromatic nitrogens is 1. The van der Waals surface area contributed by atoms with Gasteiger partial charge in [0.05, 0.1) is 19.2 Å². The second-order valence-corrected chi connectivity index (χ2v) is 8.45. The van der Waals surface area contributed by atoms with Crippen LogP contribution in [0.3, 0.4) is 0 Å². The number of hydrogen-bond acceptors (Lipinski definition) is 3. The quantitative estimate of drug-likeness (QED) is 0.747. The molecule has 0 saturated carbocycles. The zero-order valence-electron chi connectivity index (χ0n) is 15.6. The Labute approximate surface area is 169 Å². The number of nitrogens with zero attached hydrogens (tertiary/aromatic N) is 2. The minimum absolute atomic E-state index is 0.0762. The molecule has 0 unspecified atom stereocenters. The monoisotopic (exact) mass is 407 g/mol. The van der Waals surface area contributed by atoms with Crippen molar-refractivity contribution in [3.8, 4) is 0 Å². The zero-order valence-corrected chi connectivity index (χ0v) is 17.1. The topological polar surface area (TPSA) is 54.5 Å². The fourth-order valence-electron chi connectivity index (χ4n) is 2.85. The molecule has 1 aliphatic heterocycles. The number of rotatable bonds is 4. The van der Waals surface area contributed by atoms with Crippen molar-refractivity contribution in [2.75, 3.05) is 13.1 Å². The van der Waals surface area contributed by atoms with Crippen LogP contribution in [0, 0.1) is 0 Å². The van der Waals surface area contributed by atoms with Crippen LogP contribution in [0.4, 0.5) is 4.79 Å². The van der Waals surface area contributed by atoms with E-state index in [-0.39, 0.29) is 23.8 Å². The molecule has 1 fully saturated rings. The van der Waals surface area contributed by atoms with Gasteiger partial charge in [-0.05, 0) is 44.5 Å². The van der Waals surface area contributed by atoms with Gasteiger partial charge in [-0.3, -0.25) is 0 Å². The number of carbonyl (C=O) groups is 1. The summed E-state index contributed by atoms with van der Waals surface area (Å²) >= 11 is 12.3. The Balaban J connectivity index is 1.72. The van der Waals surface area contributed by atoms with Crippen LogP contribution in [-0.2, 0) is 4.74 Å². The molecule has 1 N–H and O–H groups in total. The standard InChI is InChI=1S/C20H23Cl2N3O2/c1-20(2,3)24-19(26)25-11-15(12-25)27-17(13-6-8-14(21)9-7-13)16-5-4-10-23-18(16)22/h4-10,15,17H,11-12H2,1-3H3,(H,24,26)/t17-/m0/s1. The van der Waals surface area contributed by atoms with E-state index in [9.17, 15) is 4.79 Å². The molecule has 0 radical (unpaired) electrons. The van der Waals surface area contributed by atoms with E-state index in [1.165, 1.54) is 0 Å². The van der Waals surface area contributed by atoms with Gasteiger partial charge in [0, 0.05) is 22.3 Å². The summed E-state index contributed by atoms with van der Waals surface area (Å²) in [7, 11) is 0. The summed E-state index contributed by atoms with van der Waals surface area (Å²) in [5.41, 5.74) is 1.46. The highest BCUT2D eigenvalue weighted by Gasteiger charge is 2.35. The molecular weight excluding hydrogens is 385 g/mol. The molecule has 1 atom stereocenters. The first-order valence-electron chi connectivity index (χ1n) is 8.81. The molecule has 0 spiro atoms. The Hall–Kier alpha value is -1.82. The molecule has 3 rings (SSSR count). The van der Waals surface area contributed by atoms with Crippen molar-refractivity contribution in [1.29, 1.82) is 0 Å². The number of hydrogen-bond donors (Lipinski definition) is 1. The summed E-state index contributed by atoms with van der Waals surface area (Å²) < 4.78 is 6.30. The molecule has 1 aromatic heterocycles. The Kier molecular flexibility index (Phi) is 5.94. The maximum Gasteiger partial charge on any atom is 0.317 e. The minimum Gasteiger partial charge on any atom is -0.362 e. The van der Waals surface area contributed by atoms with Crippen molar-refractivity contribution in [3.05, 3.63) is 63.9 Å². The van der Waals surface area contributed by atoms with Crippen LogP contribution in [0.1, 0.15) is 38.0 Å². The van der Waals surface area contributed by atoms with Gasteiger partial charge in [-0.1, -0.05) is 41.4 Å². The number of carbonyl (C=O) groups excluding carboxylic acids is 1. The predicted molar refractivity (Wildman–Crippen MR) is 107 cm³/mol. The molecule has 5 nitrogen and oxygen atoms in total. The van der Waals surface area contributed by atoms with E-state index in [1.807, 2.05) is 57.2 Å². The number of nitrogens with one attached hydrogen (secondary N) is 1. The highest BCUT2D eigenvalue weighted by molar-refractivity contribution is 6.30. The van der Waals surface area contributed by atoms with E-state index in [2.05, 4.69) is 10.3 Å². The third-order valence-corrected chi connectivity index (χ3v) is 4.76. The van der Waals surface area contributed by atoms with Crippen molar-refractivity contribution in [2.24, 2.45) is 0 Å². The van der Waals surface area contributed by atoms with Crippen molar-refractivity contribution in [1.82, 2.24) is 15.2 Å². The number of halogens is 2. The summed E-state index contributed by atoms with van der Waals surface area (Å²) in [4.78, 5) is 18.1. The molecule has 144 valence electrons. The first-order chi connectivity index (χ1) is 12.7. The van der Waals surface area contributed by atoms with Crippen LogP contribution >= 0.6 is 23.2 Å². The summed E-state index contributed by atoms with van der Waals surface area (Å²) in [6.07, 6.45) is 1.20.